The highest BCUT2D eigenvalue weighted by atomic mass is 32.2. The molecule has 3 N–H and O–H groups in total. The zero-order valence-corrected chi connectivity index (χ0v) is 28.1. The number of rotatable bonds is 7. The quantitative estimate of drug-likeness (QED) is 0.217. The van der Waals surface area contributed by atoms with Gasteiger partial charge in [0.1, 0.15) is 35.1 Å². The number of allylic oxidation sites excluding steroid dienone is 1. The highest BCUT2D eigenvalue weighted by molar-refractivity contribution is 7.91. The zero-order chi connectivity index (χ0) is 34.9. The SMILES string of the molecule is CC(C)(C)OC(=O)N[C@H]1CCCCC/C=C\[C@@H]2C[C@@]2(C(=O)NS(=O)(=O)C2CC2)NC(=O)[C@@H]2C[C@@H](Oc3ccc([N+](=O)[O-])cc3)CN2C1=O. The number of ether oxygens (including phenoxy) is 2. The lowest BCUT2D eigenvalue weighted by Crippen LogP contribution is -2.58. The molecule has 0 spiro atoms. The second-order valence-electron chi connectivity index (χ2n) is 13.9. The summed E-state index contributed by atoms with van der Waals surface area (Å²) in [6, 6.07) is 3.24. The van der Waals surface area contributed by atoms with Gasteiger partial charge in [-0.1, -0.05) is 25.0 Å². The number of nitro benzene ring substituents is 1. The van der Waals surface area contributed by atoms with E-state index in [-0.39, 0.29) is 37.2 Å². The number of carbonyl (C=O) groups is 4. The van der Waals surface area contributed by atoms with E-state index in [9.17, 15) is 37.7 Å². The second kappa shape index (κ2) is 13.7. The molecule has 4 amide bonds. The summed E-state index contributed by atoms with van der Waals surface area (Å²) in [5.41, 5.74) is -2.47. The third-order valence-electron chi connectivity index (χ3n) is 8.88. The van der Waals surface area contributed by atoms with Crippen LogP contribution in [0.3, 0.4) is 0 Å². The summed E-state index contributed by atoms with van der Waals surface area (Å²) in [5.74, 6) is -2.18. The topological polar surface area (TPSA) is 203 Å². The Labute approximate surface area is 279 Å². The van der Waals surface area contributed by atoms with E-state index in [1.54, 1.807) is 20.8 Å². The Kier molecular flexibility index (Phi) is 10.0. The van der Waals surface area contributed by atoms with Crippen LogP contribution < -0.4 is 20.1 Å². The van der Waals surface area contributed by atoms with Gasteiger partial charge in [0.25, 0.3) is 11.6 Å². The van der Waals surface area contributed by atoms with Crippen molar-refractivity contribution in [2.45, 2.75) is 113 Å². The van der Waals surface area contributed by atoms with Gasteiger partial charge in [-0.05, 0) is 71.4 Å². The Morgan fingerprint density at radius 2 is 1.79 bits per heavy atom. The number of carbonyl (C=O) groups excluding carboxylic acids is 4. The van der Waals surface area contributed by atoms with E-state index in [0.29, 0.717) is 25.7 Å². The first-order valence-corrected chi connectivity index (χ1v) is 17.9. The first-order chi connectivity index (χ1) is 22.6. The minimum absolute atomic E-state index is 0.00625. The van der Waals surface area contributed by atoms with E-state index < -0.39 is 79.3 Å². The molecule has 4 aliphatic rings. The first-order valence-electron chi connectivity index (χ1n) is 16.3. The average Bonchev–Trinajstić information content (AvgIpc) is 3.92. The van der Waals surface area contributed by atoms with Crippen LogP contribution in [0, 0.1) is 16.0 Å². The standard InChI is InChI=1S/C32H43N5O10S/c1-31(2,3)47-30(41)33-25-10-8-6-4-5-7-9-20-18-32(20,29(40)35-48(44,45)24-15-16-24)34-27(38)26-17-23(19-36(26)28(25)39)46-22-13-11-21(12-14-22)37(42)43/h7,9,11-14,20,23-26H,4-6,8,10,15-19H2,1-3H3,(H,33,41)(H,34,38)(H,35,40)/b9-7-/t20-,23-,25+,26+,32-/m1/s1. The minimum Gasteiger partial charge on any atom is -0.488 e. The van der Waals surface area contributed by atoms with Crippen LogP contribution in [0.2, 0.25) is 0 Å². The Bertz CT molecular complexity index is 1570. The molecule has 2 aliphatic heterocycles. The molecule has 0 radical (unpaired) electrons. The third-order valence-corrected chi connectivity index (χ3v) is 10.7. The van der Waals surface area contributed by atoms with Crippen LogP contribution >= 0.6 is 0 Å². The van der Waals surface area contributed by atoms with Gasteiger partial charge >= 0.3 is 6.09 Å². The molecule has 16 heteroatoms. The fourth-order valence-electron chi connectivity index (χ4n) is 6.14. The van der Waals surface area contributed by atoms with Gasteiger partial charge in [0.15, 0.2) is 0 Å². The molecule has 2 saturated carbocycles. The van der Waals surface area contributed by atoms with E-state index in [0.717, 1.165) is 12.8 Å². The fraction of sp³-hybridized carbons (Fsp3) is 0.625. The smallest absolute Gasteiger partial charge is 0.408 e. The lowest BCUT2D eigenvalue weighted by atomic mass is 10.0. The van der Waals surface area contributed by atoms with Gasteiger partial charge < -0.3 is 25.0 Å². The summed E-state index contributed by atoms with van der Waals surface area (Å²) in [7, 11) is -3.89. The maximum Gasteiger partial charge on any atom is 0.408 e. The second-order valence-corrected chi connectivity index (χ2v) is 15.9. The molecule has 0 unspecified atom stereocenters. The summed E-state index contributed by atoms with van der Waals surface area (Å²) < 4.78 is 39.0. The molecule has 0 bridgehead atoms. The highest BCUT2D eigenvalue weighted by Gasteiger charge is 2.62. The van der Waals surface area contributed by atoms with Crippen LogP contribution in [0.15, 0.2) is 36.4 Å². The molecular weight excluding hydrogens is 646 g/mol. The molecule has 5 atom stereocenters. The van der Waals surface area contributed by atoms with Crippen LogP contribution in [-0.4, -0.2) is 83.2 Å². The van der Waals surface area contributed by atoms with Crippen LogP contribution in [0.1, 0.15) is 78.6 Å². The number of non-ortho nitro benzene ring substituents is 1. The molecule has 1 saturated heterocycles. The van der Waals surface area contributed by atoms with Gasteiger partial charge in [0, 0.05) is 24.5 Å². The summed E-state index contributed by atoms with van der Waals surface area (Å²) in [5, 5.41) is 15.9. The van der Waals surface area contributed by atoms with Crippen LogP contribution in [0.25, 0.3) is 0 Å². The van der Waals surface area contributed by atoms with Crippen molar-refractivity contribution in [2.24, 2.45) is 5.92 Å². The van der Waals surface area contributed by atoms with Gasteiger partial charge in [-0.2, -0.15) is 0 Å². The maximum absolute atomic E-state index is 14.2. The molecule has 0 aromatic heterocycles. The van der Waals surface area contributed by atoms with E-state index in [1.165, 1.54) is 29.2 Å². The van der Waals surface area contributed by atoms with Gasteiger partial charge in [-0.3, -0.25) is 29.2 Å². The van der Waals surface area contributed by atoms with Gasteiger partial charge in [-0.25, -0.2) is 13.2 Å². The average molecular weight is 690 g/mol. The molecule has 5 rings (SSSR count). The van der Waals surface area contributed by atoms with Crippen molar-refractivity contribution >= 4 is 39.5 Å². The number of nitrogens with one attached hydrogen (secondary N) is 3. The van der Waals surface area contributed by atoms with Crippen LogP contribution in [0.5, 0.6) is 5.75 Å². The fourth-order valence-corrected chi connectivity index (χ4v) is 7.50. The normalized spacial score (nSPS) is 28.8. The first kappa shape index (κ1) is 35.1. The highest BCUT2D eigenvalue weighted by Crippen LogP contribution is 2.46. The number of amides is 4. The number of hydrogen-bond acceptors (Lipinski definition) is 10. The van der Waals surface area contributed by atoms with Crippen molar-refractivity contribution in [1.82, 2.24) is 20.3 Å². The molecular formula is C32H43N5O10S. The molecule has 2 aliphatic carbocycles. The molecule has 2 heterocycles. The molecule has 1 aromatic carbocycles. The lowest BCUT2D eigenvalue weighted by molar-refractivity contribution is -0.384. The number of sulfonamides is 1. The number of alkyl carbamates (subject to hydrolysis) is 1. The van der Waals surface area contributed by atoms with Gasteiger partial charge in [0.05, 0.1) is 16.7 Å². The van der Waals surface area contributed by atoms with E-state index in [2.05, 4.69) is 15.4 Å². The predicted octanol–water partition coefficient (Wildman–Crippen LogP) is 2.84. The predicted molar refractivity (Wildman–Crippen MR) is 172 cm³/mol. The van der Waals surface area contributed by atoms with E-state index >= 15 is 0 Å². The van der Waals surface area contributed by atoms with E-state index in [1.807, 2.05) is 12.2 Å². The van der Waals surface area contributed by atoms with E-state index in [4.69, 9.17) is 9.47 Å². The summed E-state index contributed by atoms with van der Waals surface area (Å²) in [4.78, 5) is 66.4. The number of benzene rings is 1. The number of nitro groups is 1. The maximum atomic E-state index is 14.2. The van der Waals surface area contributed by atoms with Crippen LogP contribution in [0.4, 0.5) is 10.5 Å². The Hall–Kier alpha value is -4.21. The van der Waals surface area contributed by atoms with Crippen molar-refractivity contribution < 1.29 is 42.0 Å². The zero-order valence-electron chi connectivity index (χ0n) is 27.3. The lowest BCUT2D eigenvalue weighted by Gasteiger charge is -2.30. The Morgan fingerprint density at radius 1 is 1.08 bits per heavy atom. The summed E-state index contributed by atoms with van der Waals surface area (Å²) in [6.07, 6.45) is 6.43. The van der Waals surface area contributed by atoms with Crippen molar-refractivity contribution in [3.8, 4) is 5.75 Å². The number of hydrogen-bond donors (Lipinski definition) is 3. The van der Waals surface area contributed by atoms with Gasteiger partial charge in [-0.15, -0.1) is 0 Å². The van der Waals surface area contributed by atoms with Crippen molar-refractivity contribution in [2.75, 3.05) is 6.54 Å². The van der Waals surface area contributed by atoms with Crippen molar-refractivity contribution in [1.29, 1.82) is 0 Å². The monoisotopic (exact) mass is 689 g/mol. The van der Waals surface area contributed by atoms with Crippen molar-refractivity contribution in [3.63, 3.8) is 0 Å². The molecule has 15 nitrogen and oxygen atoms in total. The third kappa shape index (κ3) is 8.44. The molecule has 3 fully saturated rings. The largest absolute Gasteiger partial charge is 0.488 e. The van der Waals surface area contributed by atoms with Crippen molar-refractivity contribution in [3.05, 3.63) is 46.5 Å². The molecule has 262 valence electrons. The number of nitrogens with zero attached hydrogens (tertiary/aromatic N) is 2. The number of fused-ring (bicyclic) bond motifs is 2. The molecule has 1 aromatic rings. The minimum atomic E-state index is -3.89. The Balaban J connectivity index is 1.42. The van der Waals surface area contributed by atoms with Crippen LogP contribution in [-0.2, 0) is 29.1 Å². The summed E-state index contributed by atoms with van der Waals surface area (Å²) >= 11 is 0. The summed E-state index contributed by atoms with van der Waals surface area (Å²) in [6.45, 7) is 5.05. The van der Waals surface area contributed by atoms with Gasteiger partial charge in [0.2, 0.25) is 21.8 Å². The Morgan fingerprint density at radius 3 is 2.44 bits per heavy atom. The molecule has 48 heavy (non-hydrogen) atoms.